The van der Waals surface area contributed by atoms with E-state index >= 15 is 0 Å². The summed E-state index contributed by atoms with van der Waals surface area (Å²) < 4.78 is 0. The second-order valence-corrected chi connectivity index (χ2v) is 6.13. The predicted octanol–water partition coefficient (Wildman–Crippen LogP) is 2.48. The van der Waals surface area contributed by atoms with E-state index in [9.17, 15) is 4.79 Å². The van der Waals surface area contributed by atoms with Gasteiger partial charge in [-0.2, -0.15) is 0 Å². The maximum Gasteiger partial charge on any atom is 0.323 e. The van der Waals surface area contributed by atoms with Gasteiger partial charge in [-0.25, -0.2) is 4.79 Å². The van der Waals surface area contributed by atoms with Gasteiger partial charge in [0.15, 0.2) is 0 Å². The molecule has 1 saturated heterocycles. The molecular weight excluding hydrogens is 276 g/mol. The highest BCUT2D eigenvalue weighted by molar-refractivity contribution is 5.90. The Kier molecular flexibility index (Phi) is 4.63. The van der Waals surface area contributed by atoms with Gasteiger partial charge in [0.1, 0.15) is 0 Å². The van der Waals surface area contributed by atoms with Crippen LogP contribution in [-0.2, 0) is 0 Å². The number of benzene rings is 1. The Morgan fingerprint density at radius 3 is 2.45 bits per heavy atom. The number of allylic oxidation sites excluding steroid dienone is 1. The van der Waals surface area contributed by atoms with Crippen LogP contribution in [0.3, 0.4) is 0 Å². The number of nitrogens with zero attached hydrogens (tertiary/aromatic N) is 2. The quantitative estimate of drug-likeness (QED) is 0.898. The Bertz CT molecular complexity index is 528. The van der Waals surface area contributed by atoms with Crippen molar-refractivity contribution in [1.82, 2.24) is 10.2 Å². The normalized spacial score (nSPS) is 19.4. The van der Waals surface area contributed by atoms with Crippen LogP contribution in [-0.4, -0.2) is 44.2 Å². The Morgan fingerprint density at radius 2 is 1.82 bits per heavy atom. The lowest BCUT2D eigenvalue weighted by Crippen LogP contribution is -2.44. The molecule has 2 fully saturated rings. The summed E-state index contributed by atoms with van der Waals surface area (Å²) in [6, 6.07) is 7.86. The first-order valence-corrected chi connectivity index (χ1v) is 7.98. The molecule has 5 nitrogen and oxygen atoms in total. The molecule has 0 unspecified atom stereocenters. The number of piperazine rings is 1. The molecule has 0 spiro atoms. The van der Waals surface area contributed by atoms with E-state index in [1.165, 1.54) is 18.5 Å². The topological polar surface area (TPSA) is 47.6 Å². The molecule has 118 valence electrons. The molecule has 2 N–H and O–H groups in total. The lowest BCUT2D eigenvalue weighted by atomic mass is 10.2. The van der Waals surface area contributed by atoms with E-state index in [0.29, 0.717) is 5.92 Å². The molecule has 22 heavy (non-hydrogen) atoms. The van der Waals surface area contributed by atoms with Crippen LogP contribution < -0.4 is 15.5 Å². The third kappa shape index (κ3) is 4.24. The minimum absolute atomic E-state index is 0.191. The van der Waals surface area contributed by atoms with Crippen LogP contribution in [0.5, 0.6) is 0 Å². The monoisotopic (exact) mass is 300 g/mol. The second kappa shape index (κ2) is 6.83. The number of anilines is 2. The van der Waals surface area contributed by atoms with Crippen molar-refractivity contribution in [2.75, 3.05) is 43.4 Å². The summed E-state index contributed by atoms with van der Waals surface area (Å²) in [5.41, 5.74) is 2.03. The van der Waals surface area contributed by atoms with Gasteiger partial charge in [0, 0.05) is 43.8 Å². The third-order valence-corrected chi connectivity index (χ3v) is 4.20. The largest absolute Gasteiger partial charge is 0.369 e. The van der Waals surface area contributed by atoms with E-state index in [2.05, 4.69) is 45.7 Å². The van der Waals surface area contributed by atoms with Gasteiger partial charge in [0.25, 0.3) is 0 Å². The number of carbonyl (C=O) groups is 1. The summed E-state index contributed by atoms with van der Waals surface area (Å²) in [5.74, 6) is 0.670. The molecular formula is C17H24N4O. The fourth-order valence-corrected chi connectivity index (χ4v) is 2.54. The first kappa shape index (κ1) is 14.9. The van der Waals surface area contributed by atoms with Gasteiger partial charge in [0.2, 0.25) is 0 Å². The summed E-state index contributed by atoms with van der Waals surface area (Å²) >= 11 is 0. The standard InChI is InChI=1S/C17H24N4O/c1-20-10-12-21(13-11-20)16-6-4-15(5-7-16)19-17(22)18-9-8-14-2-3-14/h4-9,14H,2-3,10-13H2,1H3,(H2,18,19,22)/b9-8+. The van der Waals surface area contributed by atoms with E-state index < -0.39 is 0 Å². The first-order valence-electron chi connectivity index (χ1n) is 7.98. The average molecular weight is 300 g/mol. The number of urea groups is 1. The number of hydrogen-bond acceptors (Lipinski definition) is 3. The molecule has 0 radical (unpaired) electrons. The average Bonchev–Trinajstić information content (AvgIpc) is 3.33. The fraction of sp³-hybridized carbons (Fsp3) is 0.471. The van der Waals surface area contributed by atoms with Crippen molar-refractivity contribution >= 4 is 17.4 Å². The molecule has 2 aliphatic rings. The van der Waals surface area contributed by atoms with Crippen molar-refractivity contribution in [2.24, 2.45) is 5.92 Å². The molecule has 3 rings (SSSR count). The van der Waals surface area contributed by atoms with Crippen molar-refractivity contribution in [3.8, 4) is 0 Å². The highest BCUT2D eigenvalue weighted by atomic mass is 16.2. The number of hydrogen-bond donors (Lipinski definition) is 2. The van der Waals surface area contributed by atoms with E-state index in [0.717, 1.165) is 31.9 Å². The zero-order valence-electron chi connectivity index (χ0n) is 13.1. The van der Waals surface area contributed by atoms with Gasteiger partial charge in [-0.3, -0.25) is 0 Å². The van der Waals surface area contributed by atoms with Crippen LogP contribution in [0.15, 0.2) is 36.5 Å². The van der Waals surface area contributed by atoms with Crippen molar-refractivity contribution in [2.45, 2.75) is 12.8 Å². The van der Waals surface area contributed by atoms with Crippen molar-refractivity contribution in [1.29, 1.82) is 0 Å². The zero-order valence-corrected chi connectivity index (χ0v) is 13.1. The van der Waals surface area contributed by atoms with Gasteiger partial charge in [0.05, 0.1) is 0 Å². The maximum absolute atomic E-state index is 11.7. The lowest BCUT2D eigenvalue weighted by molar-refractivity contribution is 0.255. The van der Waals surface area contributed by atoms with E-state index in [1.807, 2.05) is 12.1 Å². The fourth-order valence-electron chi connectivity index (χ4n) is 2.54. The molecule has 1 aliphatic carbocycles. The molecule has 0 aromatic heterocycles. The third-order valence-electron chi connectivity index (χ3n) is 4.20. The molecule has 1 heterocycles. The van der Waals surface area contributed by atoms with Crippen molar-refractivity contribution in [3.63, 3.8) is 0 Å². The summed E-state index contributed by atoms with van der Waals surface area (Å²) in [6.07, 6.45) is 6.28. The van der Waals surface area contributed by atoms with Crippen LogP contribution in [0.4, 0.5) is 16.2 Å². The van der Waals surface area contributed by atoms with Crippen LogP contribution in [0.1, 0.15) is 12.8 Å². The summed E-state index contributed by atoms with van der Waals surface area (Å²) in [5, 5.41) is 5.58. The molecule has 0 atom stereocenters. The first-order chi connectivity index (χ1) is 10.7. The SMILES string of the molecule is CN1CCN(c2ccc(NC(=O)N/C=C/C3CC3)cc2)CC1. The van der Waals surface area contributed by atoms with E-state index in [4.69, 9.17) is 0 Å². The van der Waals surface area contributed by atoms with E-state index in [-0.39, 0.29) is 6.03 Å². The minimum Gasteiger partial charge on any atom is -0.369 e. The highest BCUT2D eigenvalue weighted by Gasteiger charge is 2.17. The van der Waals surface area contributed by atoms with Crippen LogP contribution in [0.25, 0.3) is 0 Å². The Hall–Kier alpha value is -2.01. The molecule has 1 aliphatic heterocycles. The summed E-state index contributed by atoms with van der Waals surface area (Å²) in [6.45, 7) is 4.29. The molecule has 0 bridgehead atoms. The van der Waals surface area contributed by atoms with E-state index in [1.54, 1.807) is 6.20 Å². The van der Waals surface area contributed by atoms with Crippen LogP contribution >= 0.6 is 0 Å². The Balaban J connectivity index is 1.49. The predicted molar refractivity (Wildman–Crippen MR) is 90.2 cm³/mol. The molecule has 2 amide bonds. The van der Waals surface area contributed by atoms with Gasteiger partial charge in [-0.05, 0) is 50.1 Å². The van der Waals surface area contributed by atoms with Crippen LogP contribution in [0.2, 0.25) is 0 Å². The van der Waals surface area contributed by atoms with Crippen LogP contribution in [0, 0.1) is 5.92 Å². The van der Waals surface area contributed by atoms with Gasteiger partial charge >= 0.3 is 6.03 Å². The smallest absolute Gasteiger partial charge is 0.323 e. The molecule has 5 heteroatoms. The zero-order chi connectivity index (χ0) is 15.4. The molecule has 1 aromatic rings. The Morgan fingerprint density at radius 1 is 1.14 bits per heavy atom. The van der Waals surface area contributed by atoms with Gasteiger partial charge in [-0.15, -0.1) is 0 Å². The number of amides is 2. The summed E-state index contributed by atoms with van der Waals surface area (Å²) in [7, 11) is 2.15. The van der Waals surface area contributed by atoms with Crippen molar-refractivity contribution < 1.29 is 4.79 Å². The highest BCUT2D eigenvalue weighted by Crippen LogP contribution is 2.29. The molecule has 1 aromatic carbocycles. The summed E-state index contributed by atoms with van der Waals surface area (Å²) in [4.78, 5) is 16.5. The number of carbonyl (C=O) groups excluding carboxylic acids is 1. The second-order valence-electron chi connectivity index (χ2n) is 6.13. The van der Waals surface area contributed by atoms with Crippen molar-refractivity contribution in [3.05, 3.63) is 36.5 Å². The number of rotatable bonds is 4. The number of likely N-dealkylation sites (N-methyl/N-ethyl adjacent to an activating group) is 1. The van der Waals surface area contributed by atoms with Gasteiger partial charge < -0.3 is 20.4 Å². The molecule has 1 saturated carbocycles. The maximum atomic E-state index is 11.7. The number of nitrogens with one attached hydrogen (secondary N) is 2. The Labute approximate surface area is 132 Å². The lowest BCUT2D eigenvalue weighted by Gasteiger charge is -2.34. The minimum atomic E-state index is -0.191. The van der Waals surface area contributed by atoms with Gasteiger partial charge in [-0.1, -0.05) is 6.08 Å².